The molecule has 1 aromatic heterocycles. The molecule has 20 heavy (non-hydrogen) atoms. The molecule has 0 saturated heterocycles. The first kappa shape index (κ1) is 12.3. The van der Waals surface area contributed by atoms with Crippen LogP contribution in [-0.2, 0) is 19.4 Å². The van der Waals surface area contributed by atoms with Crippen LogP contribution in [0.5, 0.6) is 5.75 Å². The monoisotopic (exact) mass is 270 g/mol. The number of hydrogen-bond donors (Lipinski definition) is 1. The minimum atomic E-state index is 0.207. The number of benzene rings is 1. The van der Waals surface area contributed by atoms with Gasteiger partial charge in [0.25, 0.3) is 0 Å². The van der Waals surface area contributed by atoms with Gasteiger partial charge >= 0.3 is 0 Å². The molecule has 0 amide bonds. The second kappa shape index (κ2) is 4.52. The van der Waals surface area contributed by atoms with Crippen LogP contribution in [0.25, 0.3) is 10.9 Å². The van der Waals surface area contributed by atoms with Crippen molar-refractivity contribution in [2.75, 3.05) is 0 Å². The van der Waals surface area contributed by atoms with Crippen molar-refractivity contribution in [1.82, 2.24) is 4.57 Å². The number of fused-ring (bicyclic) bond motifs is 3. The van der Waals surface area contributed by atoms with E-state index in [2.05, 4.69) is 29.7 Å². The first-order valence-corrected chi connectivity index (χ1v) is 7.78. The van der Waals surface area contributed by atoms with E-state index in [1.165, 1.54) is 47.8 Å². The molecule has 2 heterocycles. The molecule has 1 aliphatic heterocycles. The Bertz CT molecular complexity index is 653. The number of aromatic nitrogens is 1. The van der Waals surface area contributed by atoms with Gasteiger partial charge in [-0.2, -0.15) is 0 Å². The molecule has 0 bridgehead atoms. The predicted octanol–water partition coefficient (Wildman–Crippen LogP) is 3.02. The lowest BCUT2D eigenvalue weighted by molar-refractivity contribution is 0.303. The van der Waals surface area contributed by atoms with Crippen molar-refractivity contribution >= 4 is 10.9 Å². The largest absolute Gasteiger partial charge is 0.490 e. The van der Waals surface area contributed by atoms with Gasteiger partial charge in [-0.05, 0) is 62.8 Å². The zero-order chi connectivity index (χ0) is 13.7. The first-order valence-electron chi connectivity index (χ1n) is 7.78. The zero-order valence-corrected chi connectivity index (χ0v) is 12.1. The number of rotatable bonds is 4. The van der Waals surface area contributed by atoms with Crippen LogP contribution in [-0.4, -0.2) is 16.7 Å². The van der Waals surface area contributed by atoms with Crippen molar-refractivity contribution < 1.29 is 4.74 Å². The van der Waals surface area contributed by atoms with Gasteiger partial charge in [-0.15, -0.1) is 0 Å². The molecule has 0 radical (unpaired) electrons. The van der Waals surface area contributed by atoms with Crippen LogP contribution in [0, 0.1) is 0 Å². The minimum absolute atomic E-state index is 0.207. The van der Waals surface area contributed by atoms with Gasteiger partial charge in [0.15, 0.2) is 0 Å². The Labute approximate surface area is 119 Å². The van der Waals surface area contributed by atoms with Gasteiger partial charge in [-0.3, -0.25) is 0 Å². The van der Waals surface area contributed by atoms with E-state index in [9.17, 15) is 0 Å². The van der Waals surface area contributed by atoms with Crippen LogP contribution in [0.2, 0.25) is 0 Å². The fourth-order valence-electron chi connectivity index (χ4n) is 3.40. The summed E-state index contributed by atoms with van der Waals surface area (Å²) in [7, 11) is 0. The van der Waals surface area contributed by atoms with E-state index in [-0.39, 0.29) is 6.04 Å². The summed E-state index contributed by atoms with van der Waals surface area (Å²) < 4.78 is 8.43. The molecule has 1 unspecified atom stereocenters. The summed E-state index contributed by atoms with van der Waals surface area (Å²) in [6, 6.07) is 6.80. The number of nitrogens with zero attached hydrogens (tertiary/aromatic N) is 1. The lowest BCUT2D eigenvalue weighted by atomic mass is 10.0. The summed E-state index contributed by atoms with van der Waals surface area (Å²) in [6.07, 6.45) is 6.28. The maximum absolute atomic E-state index is 6.06. The third-order valence-corrected chi connectivity index (χ3v) is 4.41. The van der Waals surface area contributed by atoms with Gasteiger partial charge in [0.1, 0.15) is 5.75 Å². The van der Waals surface area contributed by atoms with Crippen LogP contribution in [0.1, 0.15) is 37.4 Å². The molecule has 2 aromatic rings. The van der Waals surface area contributed by atoms with E-state index in [0.717, 1.165) is 18.7 Å². The molecule has 1 aromatic carbocycles. The number of aryl methyl sites for hydroxylation is 1. The summed E-state index contributed by atoms with van der Waals surface area (Å²) in [5, 5.41) is 1.36. The molecule has 2 aliphatic rings. The third-order valence-electron chi connectivity index (χ3n) is 4.41. The highest BCUT2D eigenvalue weighted by Crippen LogP contribution is 2.35. The van der Waals surface area contributed by atoms with Crippen LogP contribution in [0.15, 0.2) is 18.2 Å². The van der Waals surface area contributed by atoms with Gasteiger partial charge in [0.2, 0.25) is 0 Å². The van der Waals surface area contributed by atoms with E-state index in [1.54, 1.807) is 0 Å². The van der Waals surface area contributed by atoms with Crippen LogP contribution in [0.3, 0.4) is 0 Å². The Kier molecular flexibility index (Phi) is 2.77. The molecule has 106 valence electrons. The van der Waals surface area contributed by atoms with Crippen molar-refractivity contribution in [3.63, 3.8) is 0 Å². The summed E-state index contributed by atoms with van der Waals surface area (Å²) >= 11 is 0. The number of ether oxygens (including phenoxy) is 1. The van der Waals surface area contributed by atoms with Crippen LogP contribution < -0.4 is 10.5 Å². The molecule has 2 N–H and O–H groups in total. The Hall–Kier alpha value is -1.48. The summed E-state index contributed by atoms with van der Waals surface area (Å²) in [4.78, 5) is 0. The van der Waals surface area contributed by atoms with Gasteiger partial charge < -0.3 is 15.0 Å². The van der Waals surface area contributed by atoms with Gasteiger partial charge in [0.05, 0.1) is 6.10 Å². The summed E-state index contributed by atoms with van der Waals surface area (Å²) in [6.45, 7) is 3.24. The van der Waals surface area contributed by atoms with Crippen molar-refractivity contribution in [3.8, 4) is 5.75 Å². The molecule has 3 nitrogen and oxygen atoms in total. The van der Waals surface area contributed by atoms with E-state index in [0.29, 0.717) is 6.10 Å². The summed E-state index contributed by atoms with van der Waals surface area (Å²) in [5.74, 6) is 1.02. The maximum atomic E-state index is 6.06. The second-order valence-corrected chi connectivity index (χ2v) is 6.36. The highest BCUT2D eigenvalue weighted by molar-refractivity contribution is 5.87. The molecule has 4 rings (SSSR count). The Morgan fingerprint density at radius 1 is 1.40 bits per heavy atom. The highest BCUT2D eigenvalue weighted by Gasteiger charge is 2.25. The molecule has 1 aliphatic carbocycles. The quantitative estimate of drug-likeness (QED) is 0.927. The fourth-order valence-corrected chi connectivity index (χ4v) is 3.40. The number of hydrogen-bond acceptors (Lipinski definition) is 2. The Balaban J connectivity index is 1.82. The topological polar surface area (TPSA) is 40.2 Å². The maximum Gasteiger partial charge on any atom is 0.120 e. The van der Waals surface area contributed by atoms with E-state index in [1.807, 2.05) is 0 Å². The van der Waals surface area contributed by atoms with Crippen molar-refractivity contribution in [2.45, 2.75) is 57.7 Å². The lowest BCUT2D eigenvalue weighted by Crippen LogP contribution is -2.18. The normalized spacial score (nSPS) is 19.3. The second-order valence-electron chi connectivity index (χ2n) is 6.36. The van der Waals surface area contributed by atoms with Gasteiger partial charge in [-0.1, -0.05) is 0 Å². The average Bonchev–Trinajstić information content (AvgIpc) is 3.00. The van der Waals surface area contributed by atoms with Gasteiger partial charge in [-0.25, -0.2) is 0 Å². The van der Waals surface area contributed by atoms with Gasteiger partial charge in [0, 0.05) is 29.2 Å². The Morgan fingerprint density at radius 2 is 2.25 bits per heavy atom. The van der Waals surface area contributed by atoms with Crippen molar-refractivity contribution in [1.29, 1.82) is 0 Å². The number of nitrogens with two attached hydrogens (primary N) is 1. The molecular formula is C17H22N2O. The zero-order valence-electron chi connectivity index (χ0n) is 12.1. The summed E-state index contributed by atoms with van der Waals surface area (Å²) in [5.41, 5.74) is 10.4. The van der Waals surface area contributed by atoms with Crippen LogP contribution >= 0.6 is 0 Å². The average molecular weight is 270 g/mol. The molecule has 1 saturated carbocycles. The lowest BCUT2D eigenvalue weighted by Gasteiger charge is -2.08. The fraction of sp³-hybridized carbons (Fsp3) is 0.529. The molecule has 1 fully saturated rings. The highest BCUT2D eigenvalue weighted by atomic mass is 16.5. The molecule has 3 heteroatoms. The van der Waals surface area contributed by atoms with Crippen LogP contribution in [0.4, 0.5) is 0 Å². The standard InChI is InChI=1S/C17H22N2O/c1-11(18)9-14-15-10-13(20-12-4-5-12)6-7-17(15)19-8-2-3-16(14)19/h6-7,10-12H,2-5,8-9,18H2,1H3. The van der Waals surface area contributed by atoms with Crippen molar-refractivity contribution in [2.24, 2.45) is 5.73 Å². The molecule has 0 spiro atoms. The smallest absolute Gasteiger partial charge is 0.120 e. The molecule has 1 atom stereocenters. The predicted molar refractivity (Wildman–Crippen MR) is 81.3 cm³/mol. The Morgan fingerprint density at radius 3 is 3.00 bits per heavy atom. The third kappa shape index (κ3) is 2.01. The van der Waals surface area contributed by atoms with E-state index < -0.39 is 0 Å². The minimum Gasteiger partial charge on any atom is -0.490 e. The van der Waals surface area contributed by atoms with E-state index >= 15 is 0 Å². The van der Waals surface area contributed by atoms with Crippen molar-refractivity contribution in [3.05, 3.63) is 29.5 Å². The van der Waals surface area contributed by atoms with E-state index in [4.69, 9.17) is 10.5 Å². The SMILES string of the molecule is CC(N)Cc1c2n(c3ccc(OC4CC4)cc13)CCC2. The molecular weight excluding hydrogens is 248 g/mol. The first-order chi connectivity index (χ1) is 9.72.